The number of nitro benzene ring substituents is 1. The Morgan fingerprint density at radius 3 is 2.53 bits per heavy atom. The van der Waals surface area contributed by atoms with Crippen molar-refractivity contribution >= 4 is 28.4 Å². The summed E-state index contributed by atoms with van der Waals surface area (Å²) in [7, 11) is 0. The molecule has 3 aromatic carbocycles. The van der Waals surface area contributed by atoms with Crippen molar-refractivity contribution in [3.63, 3.8) is 0 Å². The molecule has 5 rings (SSSR count). The molecule has 0 bridgehead atoms. The number of rotatable bonds is 2. The number of halogens is 3. The molecule has 0 spiro atoms. The van der Waals surface area contributed by atoms with Gasteiger partial charge in [-0.25, -0.2) is 0 Å². The molecule has 1 aliphatic rings. The lowest BCUT2D eigenvalue weighted by Gasteiger charge is -2.21. The number of nitrogens with one attached hydrogen (secondary N) is 1. The first-order valence-electron chi connectivity index (χ1n) is 9.07. The van der Waals surface area contributed by atoms with Crippen LogP contribution < -0.4 is 0 Å². The highest BCUT2D eigenvalue weighted by molar-refractivity contribution is 7.99. The lowest BCUT2D eigenvalue weighted by atomic mass is 9.99. The first-order valence-corrected chi connectivity index (χ1v) is 9.88. The maximum atomic E-state index is 13.2. The third-order valence-electron chi connectivity index (χ3n) is 5.20. The van der Waals surface area contributed by atoms with Gasteiger partial charge in [-0.05, 0) is 35.4 Å². The van der Waals surface area contributed by atoms with Crippen LogP contribution in [0.1, 0.15) is 16.7 Å². The normalized spacial score (nSPS) is 13.2. The number of fused-ring (bicyclic) bond motifs is 3. The van der Waals surface area contributed by atoms with Gasteiger partial charge in [0.15, 0.2) is 0 Å². The van der Waals surface area contributed by atoms with E-state index in [9.17, 15) is 23.3 Å². The van der Waals surface area contributed by atoms with Gasteiger partial charge in [-0.1, -0.05) is 42.1 Å². The SMILES string of the molecule is O=[N+]([O-])c1cc(C(F)(F)F)cc2c1Cc1ccc(-c3cc4ccccc4[nH]3)cc1S2. The highest BCUT2D eigenvalue weighted by atomic mass is 32.2. The predicted octanol–water partition coefficient (Wildman–Crippen LogP) is 6.82. The van der Waals surface area contributed by atoms with E-state index in [2.05, 4.69) is 4.98 Å². The molecular formula is C22H13F3N2O2S. The average molecular weight is 426 g/mol. The summed E-state index contributed by atoms with van der Waals surface area (Å²) in [4.78, 5) is 15.1. The fourth-order valence-electron chi connectivity index (χ4n) is 3.73. The zero-order chi connectivity index (χ0) is 21.0. The van der Waals surface area contributed by atoms with Crippen LogP contribution in [-0.4, -0.2) is 9.91 Å². The minimum absolute atomic E-state index is 0.221. The van der Waals surface area contributed by atoms with Crippen LogP contribution >= 0.6 is 11.8 Å². The Labute approximate surface area is 172 Å². The Balaban J connectivity index is 1.59. The molecule has 0 amide bonds. The van der Waals surface area contributed by atoms with Crippen LogP contribution in [0.25, 0.3) is 22.2 Å². The molecule has 0 saturated heterocycles. The molecule has 8 heteroatoms. The Morgan fingerprint density at radius 2 is 1.80 bits per heavy atom. The lowest BCUT2D eigenvalue weighted by Crippen LogP contribution is -2.10. The van der Waals surface area contributed by atoms with Crippen molar-refractivity contribution in [1.82, 2.24) is 4.98 Å². The minimum atomic E-state index is -4.65. The van der Waals surface area contributed by atoms with Gasteiger partial charge in [-0.3, -0.25) is 10.1 Å². The quantitative estimate of drug-likeness (QED) is 0.249. The molecular weight excluding hydrogens is 413 g/mol. The van der Waals surface area contributed by atoms with Crippen LogP contribution in [-0.2, 0) is 12.6 Å². The number of hydrogen-bond donors (Lipinski definition) is 1. The number of nitro groups is 1. The maximum Gasteiger partial charge on any atom is 0.416 e. The van der Waals surface area contributed by atoms with E-state index >= 15 is 0 Å². The summed E-state index contributed by atoms with van der Waals surface area (Å²) in [5, 5.41) is 12.5. The second-order valence-electron chi connectivity index (χ2n) is 7.10. The van der Waals surface area contributed by atoms with Gasteiger partial charge in [0, 0.05) is 44.4 Å². The zero-order valence-electron chi connectivity index (χ0n) is 15.3. The van der Waals surface area contributed by atoms with E-state index in [1.54, 1.807) is 0 Å². The van der Waals surface area contributed by atoms with E-state index in [1.807, 2.05) is 48.5 Å². The van der Waals surface area contributed by atoms with Crippen LogP contribution in [0.4, 0.5) is 18.9 Å². The number of H-pyrrole nitrogens is 1. The fourth-order valence-corrected chi connectivity index (χ4v) is 4.91. The summed E-state index contributed by atoms with van der Waals surface area (Å²) in [6.07, 6.45) is -4.42. The standard InChI is InChI=1S/C22H13F3N2O2S/c23-22(24,25)15-10-19(27(28)29)16-7-14-6-5-13(9-20(14)30-21(16)11-15)18-8-12-3-1-2-4-17(12)26-18/h1-6,8-11,26H,7H2. The van der Waals surface area contributed by atoms with Gasteiger partial charge in [0.1, 0.15) is 0 Å². The first kappa shape index (κ1) is 18.7. The molecule has 30 heavy (non-hydrogen) atoms. The molecule has 0 fully saturated rings. The number of benzene rings is 3. The molecule has 2 heterocycles. The second kappa shape index (κ2) is 6.63. The lowest BCUT2D eigenvalue weighted by molar-refractivity contribution is -0.386. The van der Waals surface area contributed by atoms with Crippen molar-refractivity contribution in [3.05, 3.63) is 87.5 Å². The van der Waals surface area contributed by atoms with Gasteiger partial charge >= 0.3 is 6.18 Å². The fraction of sp³-hybridized carbons (Fsp3) is 0.0909. The third kappa shape index (κ3) is 3.13. The first-order chi connectivity index (χ1) is 14.3. The van der Waals surface area contributed by atoms with Crippen molar-refractivity contribution in [2.45, 2.75) is 22.4 Å². The van der Waals surface area contributed by atoms with Crippen LogP contribution in [0.2, 0.25) is 0 Å². The predicted molar refractivity (Wildman–Crippen MR) is 109 cm³/mol. The van der Waals surface area contributed by atoms with Crippen molar-refractivity contribution in [2.24, 2.45) is 0 Å². The molecule has 0 aliphatic carbocycles. The maximum absolute atomic E-state index is 13.2. The van der Waals surface area contributed by atoms with Crippen LogP contribution in [0.5, 0.6) is 0 Å². The molecule has 150 valence electrons. The van der Waals surface area contributed by atoms with Gasteiger partial charge in [0.05, 0.1) is 10.5 Å². The summed E-state index contributed by atoms with van der Waals surface area (Å²) in [5.74, 6) is 0. The smallest absolute Gasteiger partial charge is 0.355 e. The summed E-state index contributed by atoms with van der Waals surface area (Å²) >= 11 is 1.14. The Hall–Kier alpha value is -3.26. The van der Waals surface area contributed by atoms with E-state index in [1.165, 1.54) is 0 Å². The van der Waals surface area contributed by atoms with Crippen molar-refractivity contribution in [2.75, 3.05) is 0 Å². The third-order valence-corrected chi connectivity index (χ3v) is 6.39. The Kier molecular flexibility index (Phi) is 4.14. The van der Waals surface area contributed by atoms with Gasteiger partial charge in [-0.15, -0.1) is 0 Å². The molecule has 1 aliphatic heterocycles. The highest BCUT2D eigenvalue weighted by Gasteiger charge is 2.36. The molecule has 4 aromatic rings. The van der Waals surface area contributed by atoms with E-state index < -0.39 is 22.4 Å². The van der Waals surface area contributed by atoms with Crippen LogP contribution in [0.15, 0.2) is 70.5 Å². The number of para-hydroxylation sites is 1. The number of nitrogens with zero attached hydrogens (tertiary/aromatic N) is 1. The second-order valence-corrected chi connectivity index (χ2v) is 8.18. The topological polar surface area (TPSA) is 58.9 Å². The minimum Gasteiger partial charge on any atom is -0.355 e. The largest absolute Gasteiger partial charge is 0.416 e. The monoisotopic (exact) mass is 426 g/mol. The summed E-state index contributed by atoms with van der Waals surface area (Å²) < 4.78 is 39.7. The molecule has 0 radical (unpaired) electrons. The van der Waals surface area contributed by atoms with Crippen LogP contribution in [0.3, 0.4) is 0 Å². The molecule has 1 N–H and O–H groups in total. The van der Waals surface area contributed by atoms with Gasteiger partial charge in [0.25, 0.3) is 5.69 Å². The van der Waals surface area contributed by atoms with Gasteiger partial charge in [0.2, 0.25) is 0 Å². The van der Waals surface area contributed by atoms with E-state index in [0.29, 0.717) is 11.6 Å². The summed E-state index contributed by atoms with van der Waals surface area (Å²) in [5.41, 5.74) is 2.49. The molecule has 0 atom stereocenters. The number of alkyl halides is 3. The number of aromatic amines is 1. The van der Waals surface area contributed by atoms with Crippen LogP contribution in [0, 0.1) is 10.1 Å². The van der Waals surface area contributed by atoms with E-state index in [-0.39, 0.29) is 11.3 Å². The Bertz CT molecular complexity index is 1290. The van der Waals surface area contributed by atoms with Crippen molar-refractivity contribution < 1.29 is 18.1 Å². The zero-order valence-corrected chi connectivity index (χ0v) is 16.1. The van der Waals surface area contributed by atoms with E-state index in [4.69, 9.17) is 0 Å². The van der Waals surface area contributed by atoms with E-state index in [0.717, 1.165) is 50.4 Å². The Morgan fingerprint density at radius 1 is 1.00 bits per heavy atom. The van der Waals surface area contributed by atoms with Gasteiger partial charge in [-0.2, -0.15) is 13.2 Å². The van der Waals surface area contributed by atoms with Gasteiger partial charge < -0.3 is 4.98 Å². The molecule has 0 unspecified atom stereocenters. The number of aromatic nitrogens is 1. The highest BCUT2D eigenvalue weighted by Crippen LogP contribution is 2.46. The summed E-state index contributed by atoms with van der Waals surface area (Å²) in [6, 6.07) is 17.2. The average Bonchev–Trinajstić information content (AvgIpc) is 3.14. The molecule has 4 nitrogen and oxygen atoms in total. The summed E-state index contributed by atoms with van der Waals surface area (Å²) in [6.45, 7) is 0. The molecule has 0 saturated carbocycles. The number of hydrogen-bond acceptors (Lipinski definition) is 3. The molecule has 1 aromatic heterocycles. The van der Waals surface area contributed by atoms with Crippen molar-refractivity contribution in [1.29, 1.82) is 0 Å². The van der Waals surface area contributed by atoms with Crippen molar-refractivity contribution in [3.8, 4) is 11.3 Å².